The molecule has 1 aliphatic rings. The number of aromatic nitrogens is 2. The van der Waals surface area contributed by atoms with Crippen molar-refractivity contribution >= 4 is 37.1 Å². The molecule has 5 aromatic carbocycles. The van der Waals surface area contributed by atoms with Crippen molar-refractivity contribution < 1.29 is 4.42 Å². The highest BCUT2D eigenvalue weighted by atomic mass is 32.1. The summed E-state index contributed by atoms with van der Waals surface area (Å²) in [4.78, 5) is 0. The van der Waals surface area contributed by atoms with E-state index < -0.39 is 0 Å². The van der Waals surface area contributed by atoms with Gasteiger partial charge in [0.15, 0.2) is 0 Å². The van der Waals surface area contributed by atoms with Gasteiger partial charge in [-0.05, 0) is 140 Å². The van der Waals surface area contributed by atoms with Gasteiger partial charge >= 0.3 is 0 Å². The first-order valence-electron chi connectivity index (χ1n) is 16.7. The Hall–Kier alpha value is -5.06. The molecule has 0 N–H and O–H groups in total. The highest BCUT2D eigenvalue weighted by molar-refractivity contribution is 7.26. The molecular formula is C44H38N2OS. The van der Waals surface area contributed by atoms with E-state index in [1.165, 1.54) is 81.4 Å². The van der Waals surface area contributed by atoms with Gasteiger partial charge in [0, 0.05) is 36.9 Å². The molecule has 0 aliphatic heterocycles. The van der Waals surface area contributed by atoms with Gasteiger partial charge in [0.2, 0.25) is 11.8 Å². The molecule has 3 nitrogen and oxygen atoms in total. The third-order valence-corrected chi connectivity index (χ3v) is 10.9. The van der Waals surface area contributed by atoms with Crippen LogP contribution in [0.4, 0.5) is 0 Å². The van der Waals surface area contributed by atoms with Crippen molar-refractivity contribution in [2.75, 3.05) is 0 Å². The van der Waals surface area contributed by atoms with Crippen molar-refractivity contribution in [1.29, 1.82) is 0 Å². The molecule has 8 rings (SSSR count). The molecule has 0 bridgehead atoms. The molecule has 0 fully saturated rings. The lowest BCUT2D eigenvalue weighted by atomic mass is 9.83. The number of benzene rings is 5. The summed E-state index contributed by atoms with van der Waals surface area (Å²) in [5, 5.41) is 11.3. The van der Waals surface area contributed by atoms with E-state index in [4.69, 9.17) is 4.42 Å². The van der Waals surface area contributed by atoms with Gasteiger partial charge in [-0.15, -0.1) is 21.5 Å². The number of fused-ring (bicyclic) bond motifs is 3. The molecule has 1 unspecified atom stereocenters. The Kier molecular flexibility index (Phi) is 7.49. The second kappa shape index (κ2) is 11.9. The smallest absolute Gasteiger partial charge is 0.248 e. The maximum absolute atomic E-state index is 6.08. The monoisotopic (exact) mass is 642 g/mol. The Morgan fingerprint density at radius 2 is 1.27 bits per heavy atom. The van der Waals surface area contributed by atoms with E-state index in [-0.39, 0.29) is 0 Å². The predicted octanol–water partition coefficient (Wildman–Crippen LogP) is 12.8. The molecule has 0 spiro atoms. The Labute approximate surface area is 286 Å². The molecule has 7 aromatic rings. The molecular weight excluding hydrogens is 605 g/mol. The molecule has 4 heteroatoms. The first-order valence-corrected chi connectivity index (χ1v) is 17.5. The first kappa shape index (κ1) is 30.3. The third-order valence-electron chi connectivity index (χ3n) is 9.70. The Morgan fingerprint density at radius 3 is 1.96 bits per heavy atom. The summed E-state index contributed by atoms with van der Waals surface area (Å²) in [6.45, 7) is 13.5. The zero-order valence-corrected chi connectivity index (χ0v) is 29.1. The molecule has 2 heterocycles. The molecule has 236 valence electrons. The third kappa shape index (κ3) is 5.31. The lowest BCUT2D eigenvalue weighted by Gasteiger charge is -2.22. The number of aryl methyl sites for hydroxylation is 3. The Morgan fingerprint density at radius 1 is 0.646 bits per heavy atom. The summed E-state index contributed by atoms with van der Waals surface area (Å²) in [5.74, 6) is 1.63. The average molecular weight is 643 g/mol. The van der Waals surface area contributed by atoms with Crippen LogP contribution in [0, 0.1) is 26.7 Å². The summed E-state index contributed by atoms with van der Waals surface area (Å²) in [7, 11) is 0. The standard InChI is InChI=1S/C44H38N2OS/c1-25-18-27(3)40(28(4)19-25)34-16-17-39-37(22-34)38-24-35(41-29(5)20-26(2)21-30(41)6)23-36(42(38)48-39)31-12-14-33(15-13-31)44-46-45-43(47-44)32-10-8-7-9-11-32/h7-18,20-25H,19H2,1-6H3. The number of nitrogens with zero attached hydrogens (tertiary/aromatic N) is 2. The molecule has 1 atom stereocenters. The SMILES string of the molecule is CC1=CC(C)CC(C)=C1c1ccc2sc3c(-c4ccc(-c5nnc(-c6ccccc6)o5)cc4)cc(-c4c(C)cc(C)cc4C)cc3c2c1. The van der Waals surface area contributed by atoms with Crippen LogP contribution >= 0.6 is 11.3 Å². The normalized spacial score (nSPS) is 15.0. The quantitative estimate of drug-likeness (QED) is 0.187. The van der Waals surface area contributed by atoms with Gasteiger partial charge in [0.25, 0.3) is 0 Å². The average Bonchev–Trinajstić information content (AvgIpc) is 3.70. The molecule has 0 saturated carbocycles. The van der Waals surface area contributed by atoms with Crippen LogP contribution in [0.3, 0.4) is 0 Å². The highest BCUT2D eigenvalue weighted by Gasteiger charge is 2.20. The molecule has 0 saturated heterocycles. The van der Waals surface area contributed by atoms with Crippen LogP contribution in [-0.2, 0) is 0 Å². The number of hydrogen-bond donors (Lipinski definition) is 0. The van der Waals surface area contributed by atoms with Crippen LogP contribution in [0.25, 0.3) is 70.9 Å². The minimum absolute atomic E-state index is 0.519. The summed E-state index contributed by atoms with van der Waals surface area (Å²) < 4.78 is 8.69. The minimum atomic E-state index is 0.519. The van der Waals surface area contributed by atoms with Crippen LogP contribution in [0.1, 0.15) is 49.4 Å². The van der Waals surface area contributed by atoms with Gasteiger partial charge in [-0.1, -0.05) is 72.7 Å². The lowest BCUT2D eigenvalue weighted by Crippen LogP contribution is -2.03. The van der Waals surface area contributed by atoms with Crippen LogP contribution in [0.5, 0.6) is 0 Å². The van der Waals surface area contributed by atoms with Crippen LogP contribution in [0.15, 0.2) is 119 Å². The second-order valence-corrected chi connectivity index (χ2v) is 14.6. The van der Waals surface area contributed by atoms with Crippen molar-refractivity contribution in [3.8, 4) is 45.2 Å². The molecule has 2 aromatic heterocycles. The first-order chi connectivity index (χ1) is 23.2. The van der Waals surface area contributed by atoms with Crippen LogP contribution in [-0.4, -0.2) is 10.2 Å². The minimum Gasteiger partial charge on any atom is -0.416 e. The van der Waals surface area contributed by atoms with E-state index in [2.05, 4.69) is 125 Å². The highest BCUT2D eigenvalue weighted by Crippen LogP contribution is 2.46. The van der Waals surface area contributed by atoms with Crippen molar-refractivity contribution in [2.45, 2.75) is 48.0 Å². The van der Waals surface area contributed by atoms with Gasteiger partial charge in [-0.3, -0.25) is 0 Å². The number of rotatable bonds is 5. The zero-order valence-electron chi connectivity index (χ0n) is 28.3. The molecule has 0 amide bonds. The largest absolute Gasteiger partial charge is 0.416 e. The topological polar surface area (TPSA) is 38.9 Å². The number of thiophene rings is 1. The summed E-state index contributed by atoms with van der Waals surface area (Å²) in [6, 6.07) is 35.0. The summed E-state index contributed by atoms with van der Waals surface area (Å²) in [5.41, 5.74) is 16.3. The van der Waals surface area contributed by atoms with Crippen LogP contribution in [0.2, 0.25) is 0 Å². The van der Waals surface area contributed by atoms with Crippen molar-refractivity contribution in [2.24, 2.45) is 5.92 Å². The fourth-order valence-electron chi connectivity index (χ4n) is 7.82. The van der Waals surface area contributed by atoms with Crippen molar-refractivity contribution in [3.63, 3.8) is 0 Å². The van der Waals surface area contributed by atoms with Crippen molar-refractivity contribution in [1.82, 2.24) is 10.2 Å². The van der Waals surface area contributed by atoms with E-state index in [9.17, 15) is 0 Å². The zero-order chi connectivity index (χ0) is 33.1. The van der Waals surface area contributed by atoms with E-state index in [1.807, 2.05) is 41.7 Å². The number of hydrogen-bond acceptors (Lipinski definition) is 4. The predicted molar refractivity (Wildman–Crippen MR) is 203 cm³/mol. The van der Waals surface area contributed by atoms with E-state index in [0.29, 0.717) is 17.7 Å². The fraction of sp³-hybridized carbons (Fsp3) is 0.182. The van der Waals surface area contributed by atoms with Gasteiger partial charge in [0.05, 0.1) is 0 Å². The molecule has 48 heavy (non-hydrogen) atoms. The van der Waals surface area contributed by atoms with E-state index >= 15 is 0 Å². The van der Waals surface area contributed by atoms with Crippen LogP contribution < -0.4 is 0 Å². The maximum Gasteiger partial charge on any atom is 0.248 e. The van der Waals surface area contributed by atoms with E-state index in [1.54, 1.807) is 0 Å². The van der Waals surface area contributed by atoms with Gasteiger partial charge in [-0.2, -0.15) is 0 Å². The second-order valence-electron chi connectivity index (χ2n) is 13.5. The van der Waals surface area contributed by atoms with Gasteiger partial charge in [-0.25, -0.2) is 0 Å². The Balaban J connectivity index is 1.29. The van der Waals surface area contributed by atoms with Gasteiger partial charge < -0.3 is 4.42 Å². The maximum atomic E-state index is 6.08. The fourth-order valence-corrected chi connectivity index (χ4v) is 9.02. The lowest BCUT2D eigenvalue weighted by molar-refractivity contribution is 0.584. The molecule has 1 aliphatic carbocycles. The Bertz CT molecular complexity index is 2400. The summed E-state index contributed by atoms with van der Waals surface area (Å²) >= 11 is 1.89. The number of allylic oxidation sites excluding steroid dienone is 4. The molecule has 0 radical (unpaired) electrons. The summed E-state index contributed by atoms with van der Waals surface area (Å²) in [6.07, 6.45) is 3.54. The van der Waals surface area contributed by atoms with Gasteiger partial charge in [0.1, 0.15) is 0 Å². The van der Waals surface area contributed by atoms with Crippen molar-refractivity contribution in [3.05, 3.63) is 137 Å². The van der Waals surface area contributed by atoms with E-state index in [0.717, 1.165) is 17.5 Å².